The lowest BCUT2D eigenvalue weighted by molar-refractivity contribution is -0.148. The average Bonchev–Trinajstić information content (AvgIpc) is 3.32. The molecule has 2 aliphatic rings. The second-order valence-electron chi connectivity index (χ2n) is 8.12. The van der Waals surface area contributed by atoms with Crippen molar-refractivity contribution in [2.75, 3.05) is 25.2 Å². The number of halogens is 1. The first-order valence-electron chi connectivity index (χ1n) is 11.1. The molecule has 2 heterocycles. The molecule has 1 N–H and O–H groups in total. The lowest BCUT2D eigenvalue weighted by Gasteiger charge is -2.26. The second-order valence-corrected chi connectivity index (χ2v) is 10.5. The van der Waals surface area contributed by atoms with Gasteiger partial charge in [0, 0.05) is 19.2 Å². The number of carbonyl (C=O) groups is 2. The second kappa shape index (κ2) is 10.7. The summed E-state index contributed by atoms with van der Waals surface area (Å²) in [7, 11) is -3.70. The molecule has 0 unspecified atom stereocenters. The van der Waals surface area contributed by atoms with Crippen molar-refractivity contribution in [3.63, 3.8) is 0 Å². The predicted octanol–water partition coefficient (Wildman–Crippen LogP) is 3.83. The van der Waals surface area contributed by atoms with Crippen molar-refractivity contribution < 1.29 is 32.2 Å². The Hall–Kier alpha value is -3.08. The van der Waals surface area contributed by atoms with Crippen molar-refractivity contribution in [2.45, 2.75) is 37.2 Å². The summed E-state index contributed by atoms with van der Waals surface area (Å²) in [5, 5.41) is 2.71. The first-order chi connectivity index (χ1) is 16.7. The van der Waals surface area contributed by atoms with Gasteiger partial charge in [0.05, 0.1) is 15.6 Å². The van der Waals surface area contributed by atoms with Crippen LogP contribution in [0.25, 0.3) is 6.08 Å². The van der Waals surface area contributed by atoms with Crippen molar-refractivity contribution in [3.05, 3.63) is 53.1 Å². The van der Waals surface area contributed by atoms with E-state index in [4.69, 9.17) is 25.8 Å². The molecule has 11 heteroatoms. The number of sulfonamides is 1. The van der Waals surface area contributed by atoms with Gasteiger partial charge in [0.15, 0.2) is 17.6 Å². The van der Waals surface area contributed by atoms with Gasteiger partial charge in [-0.2, -0.15) is 4.31 Å². The van der Waals surface area contributed by atoms with Crippen LogP contribution in [0.5, 0.6) is 11.5 Å². The van der Waals surface area contributed by atoms with Crippen LogP contribution < -0.4 is 14.8 Å². The number of amides is 1. The van der Waals surface area contributed by atoms with Crippen LogP contribution in [0.4, 0.5) is 5.69 Å². The Labute approximate surface area is 208 Å². The maximum absolute atomic E-state index is 12.9. The van der Waals surface area contributed by atoms with Crippen LogP contribution >= 0.6 is 11.6 Å². The van der Waals surface area contributed by atoms with Crippen LogP contribution in [0, 0.1) is 0 Å². The number of esters is 1. The Morgan fingerprint density at radius 1 is 1.09 bits per heavy atom. The third kappa shape index (κ3) is 5.95. The van der Waals surface area contributed by atoms with E-state index >= 15 is 0 Å². The molecule has 0 aliphatic carbocycles. The highest BCUT2D eigenvalue weighted by molar-refractivity contribution is 7.89. The molecule has 35 heavy (non-hydrogen) atoms. The summed E-state index contributed by atoms with van der Waals surface area (Å²) in [5.41, 5.74) is 0.815. The van der Waals surface area contributed by atoms with Crippen molar-refractivity contribution in [2.24, 2.45) is 0 Å². The van der Waals surface area contributed by atoms with Crippen LogP contribution in [-0.2, 0) is 24.3 Å². The quantitative estimate of drug-likeness (QED) is 0.436. The minimum absolute atomic E-state index is 0.0374. The molecular weight excluding hydrogens is 496 g/mol. The number of benzene rings is 2. The number of nitrogens with zero attached hydrogens (tertiary/aromatic N) is 1. The van der Waals surface area contributed by atoms with E-state index in [1.54, 1.807) is 18.2 Å². The molecule has 0 bridgehead atoms. The first-order valence-corrected chi connectivity index (χ1v) is 12.9. The monoisotopic (exact) mass is 520 g/mol. The zero-order valence-corrected chi connectivity index (χ0v) is 20.6. The number of hydrogen-bond acceptors (Lipinski definition) is 7. The van der Waals surface area contributed by atoms with E-state index in [1.807, 2.05) is 0 Å². The van der Waals surface area contributed by atoms with Gasteiger partial charge < -0.3 is 19.5 Å². The van der Waals surface area contributed by atoms with Gasteiger partial charge in [0.2, 0.25) is 16.8 Å². The van der Waals surface area contributed by atoms with Gasteiger partial charge in [-0.05, 0) is 61.7 Å². The Balaban J connectivity index is 1.38. The van der Waals surface area contributed by atoms with Crippen LogP contribution in [0.15, 0.2) is 47.4 Å². The number of anilines is 1. The summed E-state index contributed by atoms with van der Waals surface area (Å²) >= 11 is 6.18. The summed E-state index contributed by atoms with van der Waals surface area (Å²) in [6, 6.07) is 9.34. The van der Waals surface area contributed by atoms with E-state index in [9.17, 15) is 18.0 Å². The standard InChI is InChI=1S/C24H25ClN2O7S/c1-16(34-23(28)10-6-17-5-9-21-22(13-17)33-15-32-21)24(29)26-20-14-18(7-8-19(20)25)35(30,31)27-11-3-2-4-12-27/h5-10,13-14,16H,2-4,11-12,15H2,1H3,(H,26,29)/b10-6+/t16-/m1/s1. The van der Waals surface area contributed by atoms with Gasteiger partial charge in [-0.3, -0.25) is 4.79 Å². The van der Waals surface area contributed by atoms with E-state index in [1.165, 1.54) is 41.6 Å². The summed E-state index contributed by atoms with van der Waals surface area (Å²) in [6.07, 6.45) is 4.18. The molecule has 2 aromatic carbocycles. The van der Waals surface area contributed by atoms with Gasteiger partial charge in [-0.15, -0.1) is 0 Å². The zero-order valence-electron chi connectivity index (χ0n) is 19.0. The normalized spacial score (nSPS) is 16.7. The molecule has 1 saturated heterocycles. The molecule has 4 rings (SSSR count). The highest BCUT2D eigenvalue weighted by atomic mass is 35.5. The molecule has 2 aliphatic heterocycles. The minimum atomic E-state index is -3.70. The predicted molar refractivity (Wildman–Crippen MR) is 130 cm³/mol. The van der Waals surface area contributed by atoms with E-state index in [0.29, 0.717) is 30.2 Å². The number of rotatable bonds is 7. The Kier molecular flexibility index (Phi) is 7.63. The van der Waals surface area contributed by atoms with Crippen molar-refractivity contribution in [1.82, 2.24) is 4.31 Å². The van der Waals surface area contributed by atoms with Crippen LogP contribution in [-0.4, -0.2) is 50.6 Å². The Bertz CT molecular complexity index is 1260. The van der Waals surface area contributed by atoms with Crippen molar-refractivity contribution in [3.8, 4) is 11.5 Å². The molecule has 186 valence electrons. The fourth-order valence-corrected chi connectivity index (χ4v) is 5.41. The smallest absolute Gasteiger partial charge is 0.331 e. The lowest BCUT2D eigenvalue weighted by atomic mass is 10.2. The molecule has 0 saturated carbocycles. The van der Waals surface area contributed by atoms with E-state index < -0.39 is 28.0 Å². The number of fused-ring (bicyclic) bond motifs is 1. The van der Waals surface area contributed by atoms with Crippen LogP contribution in [0.1, 0.15) is 31.7 Å². The molecule has 0 spiro atoms. The summed E-state index contributed by atoms with van der Waals surface area (Å²) in [5.74, 6) is -0.168. The molecule has 9 nitrogen and oxygen atoms in total. The maximum Gasteiger partial charge on any atom is 0.331 e. The highest BCUT2D eigenvalue weighted by Gasteiger charge is 2.27. The maximum atomic E-state index is 12.9. The molecule has 0 aromatic heterocycles. The van der Waals surface area contributed by atoms with E-state index in [0.717, 1.165) is 19.3 Å². The van der Waals surface area contributed by atoms with Crippen molar-refractivity contribution >= 4 is 45.3 Å². The molecule has 1 amide bonds. The summed E-state index contributed by atoms with van der Waals surface area (Å²) in [4.78, 5) is 24.8. The van der Waals surface area contributed by atoms with Gasteiger partial charge in [-0.1, -0.05) is 24.1 Å². The van der Waals surface area contributed by atoms with Gasteiger partial charge >= 0.3 is 5.97 Å². The molecule has 1 atom stereocenters. The average molecular weight is 521 g/mol. The zero-order chi connectivity index (χ0) is 25.0. The highest BCUT2D eigenvalue weighted by Crippen LogP contribution is 2.33. The van der Waals surface area contributed by atoms with Crippen LogP contribution in [0.3, 0.4) is 0 Å². The number of ether oxygens (including phenoxy) is 3. The third-order valence-corrected chi connectivity index (χ3v) is 7.84. The van der Waals surface area contributed by atoms with Gasteiger partial charge in [0.25, 0.3) is 5.91 Å². The number of piperidine rings is 1. The largest absolute Gasteiger partial charge is 0.454 e. The van der Waals surface area contributed by atoms with E-state index in [2.05, 4.69) is 5.32 Å². The topological polar surface area (TPSA) is 111 Å². The van der Waals surface area contributed by atoms with Gasteiger partial charge in [-0.25, -0.2) is 13.2 Å². The lowest BCUT2D eigenvalue weighted by Crippen LogP contribution is -2.35. The molecular formula is C24H25ClN2O7S. The Morgan fingerprint density at radius 3 is 2.60 bits per heavy atom. The summed E-state index contributed by atoms with van der Waals surface area (Å²) < 4.78 is 43.0. The Morgan fingerprint density at radius 2 is 1.83 bits per heavy atom. The van der Waals surface area contributed by atoms with E-state index in [-0.39, 0.29) is 22.4 Å². The molecule has 2 aromatic rings. The summed E-state index contributed by atoms with van der Waals surface area (Å²) in [6.45, 7) is 2.47. The number of carbonyl (C=O) groups excluding carboxylic acids is 2. The van der Waals surface area contributed by atoms with Crippen molar-refractivity contribution in [1.29, 1.82) is 0 Å². The molecule has 1 fully saturated rings. The fraction of sp³-hybridized carbons (Fsp3) is 0.333. The minimum Gasteiger partial charge on any atom is -0.454 e. The first kappa shape index (κ1) is 25.0. The number of nitrogens with one attached hydrogen (secondary N) is 1. The number of hydrogen-bond donors (Lipinski definition) is 1. The van der Waals surface area contributed by atoms with Crippen LogP contribution in [0.2, 0.25) is 5.02 Å². The molecule has 0 radical (unpaired) electrons. The fourth-order valence-electron chi connectivity index (χ4n) is 3.70. The third-order valence-electron chi connectivity index (χ3n) is 5.62. The SMILES string of the molecule is C[C@@H](OC(=O)/C=C/c1ccc2c(c1)OCO2)C(=O)Nc1cc(S(=O)(=O)N2CCCCC2)ccc1Cl. The van der Waals surface area contributed by atoms with Gasteiger partial charge in [0.1, 0.15) is 0 Å².